The lowest BCUT2D eigenvalue weighted by Crippen LogP contribution is -2.45. The summed E-state index contributed by atoms with van der Waals surface area (Å²) in [6, 6.07) is 4.99. The first-order valence-electron chi connectivity index (χ1n) is 6.68. The summed E-state index contributed by atoms with van der Waals surface area (Å²) < 4.78 is 0. The van der Waals surface area contributed by atoms with Crippen molar-refractivity contribution < 1.29 is 10.2 Å². The molecule has 1 fully saturated rings. The fourth-order valence-corrected chi connectivity index (χ4v) is 2.59. The number of nitrogens with zero attached hydrogens (tertiary/aromatic N) is 1. The maximum absolute atomic E-state index is 9.66. The van der Waals surface area contributed by atoms with Gasteiger partial charge in [-0.15, -0.1) is 6.58 Å². The molecule has 0 saturated carbocycles. The van der Waals surface area contributed by atoms with Crippen molar-refractivity contribution in [2.24, 2.45) is 0 Å². The molecule has 104 valence electrons. The molecule has 4 nitrogen and oxygen atoms in total. The van der Waals surface area contributed by atoms with Gasteiger partial charge in [0.25, 0.3) is 0 Å². The van der Waals surface area contributed by atoms with Crippen molar-refractivity contribution in [3.8, 4) is 11.5 Å². The molecular formula is C15H22N2O2. The summed E-state index contributed by atoms with van der Waals surface area (Å²) in [4.78, 5) is 2.37. The molecule has 1 heterocycles. The monoisotopic (exact) mass is 262 g/mol. The Balaban J connectivity index is 2.27. The van der Waals surface area contributed by atoms with Crippen molar-refractivity contribution in [1.29, 1.82) is 0 Å². The number of benzene rings is 1. The second kappa shape index (κ2) is 6.08. The molecule has 0 unspecified atom stereocenters. The van der Waals surface area contributed by atoms with Crippen molar-refractivity contribution in [2.45, 2.75) is 19.4 Å². The molecule has 1 aromatic carbocycles. The van der Waals surface area contributed by atoms with E-state index in [1.165, 1.54) is 6.07 Å². The Hall–Kier alpha value is -1.52. The molecule has 0 radical (unpaired) electrons. The summed E-state index contributed by atoms with van der Waals surface area (Å²) in [5.41, 5.74) is 2.05. The van der Waals surface area contributed by atoms with E-state index in [9.17, 15) is 10.2 Å². The van der Waals surface area contributed by atoms with Crippen molar-refractivity contribution in [3.05, 3.63) is 35.9 Å². The van der Waals surface area contributed by atoms with Crippen LogP contribution in [0.4, 0.5) is 0 Å². The molecule has 0 amide bonds. The van der Waals surface area contributed by atoms with Crippen LogP contribution in [0.2, 0.25) is 0 Å². The average molecular weight is 262 g/mol. The highest BCUT2D eigenvalue weighted by atomic mass is 16.3. The molecule has 0 aromatic heterocycles. The van der Waals surface area contributed by atoms with Crippen LogP contribution in [0.5, 0.6) is 11.5 Å². The summed E-state index contributed by atoms with van der Waals surface area (Å²) in [5.74, 6) is 0.216. The molecule has 19 heavy (non-hydrogen) atoms. The zero-order valence-corrected chi connectivity index (χ0v) is 11.4. The number of phenolic OH excluding ortho intramolecular Hbond substituents is 2. The molecule has 1 saturated heterocycles. The van der Waals surface area contributed by atoms with Crippen LogP contribution in [0.3, 0.4) is 0 Å². The highest BCUT2D eigenvalue weighted by Crippen LogP contribution is 2.32. The van der Waals surface area contributed by atoms with Crippen LogP contribution in [-0.4, -0.2) is 41.3 Å². The molecule has 0 spiro atoms. The van der Waals surface area contributed by atoms with Gasteiger partial charge in [0, 0.05) is 38.3 Å². The SMILES string of the molecule is C=C(C)C[C@@H](c1cc(O)cc(O)c1)N1CCNCC1. The van der Waals surface area contributed by atoms with Gasteiger partial charge in [0.2, 0.25) is 0 Å². The molecule has 1 aliphatic heterocycles. The molecule has 1 atom stereocenters. The van der Waals surface area contributed by atoms with E-state index < -0.39 is 0 Å². The number of aromatic hydroxyl groups is 2. The molecule has 4 heteroatoms. The molecule has 1 aliphatic rings. The van der Waals surface area contributed by atoms with Gasteiger partial charge in [0.1, 0.15) is 11.5 Å². The lowest BCUT2D eigenvalue weighted by molar-refractivity contribution is 0.172. The molecule has 3 N–H and O–H groups in total. The maximum Gasteiger partial charge on any atom is 0.119 e. The van der Waals surface area contributed by atoms with Gasteiger partial charge in [0.15, 0.2) is 0 Å². The zero-order chi connectivity index (χ0) is 13.8. The van der Waals surface area contributed by atoms with Crippen molar-refractivity contribution in [1.82, 2.24) is 10.2 Å². The van der Waals surface area contributed by atoms with Crippen LogP contribution in [0.15, 0.2) is 30.4 Å². The minimum Gasteiger partial charge on any atom is -0.508 e. The number of nitrogens with one attached hydrogen (secondary N) is 1. The minimum atomic E-state index is 0.108. The summed E-state index contributed by atoms with van der Waals surface area (Å²) in [6.07, 6.45) is 0.836. The topological polar surface area (TPSA) is 55.7 Å². The summed E-state index contributed by atoms with van der Waals surface area (Å²) in [7, 11) is 0. The highest BCUT2D eigenvalue weighted by molar-refractivity contribution is 5.38. The second-order valence-electron chi connectivity index (χ2n) is 5.25. The van der Waals surface area contributed by atoms with E-state index in [4.69, 9.17) is 0 Å². The number of phenols is 2. The predicted octanol–water partition coefficient (Wildman–Crippen LogP) is 2.01. The Morgan fingerprint density at radius 3 is 2.37 bits per heavy atom. The van der Waals surface area contributed by atoms with E-state index in [2.05, 4.69) is 16.8 Å². The van der Waals surface area contributed by atoms with Gasteiger partial charge >= 0.3 is 0 Å². The third-order valence-corrected chi connectivity index (χ3v) is 3.44. The second-order valence-corrected chi connectivity index (χ2v) is 5.25. The van der Waals surface area contributed by atoms with Crippen LogP contribution in [0.1, 0.15) is 24.9 Å². The van der Waals surface area contributed by atoms with Gasteiger partial charge in [-0.05, 0) is 31.0 Å². The number of hydrogen-bond acceptors (Lipinski definition) is 4. The van der Waals surface area contributed by atoms with E-state index >= 15 is 0 Å². The Kier molecular flexibility index (Phi) is 4.45. The minimum absolute atomic E-state index is 0.108. The molecule has 0 aliphatic carbocycles. The van der Waals surface area contributed by atoms with Crippen LogP contribution in [0, 0.1) is 0 Å². The summed E-state index contributed by atoms with van der Waals surface area (Å²) in [6.45, 7) is 9.88. The maximum atomic E-state index is 9.66. The fourth-order valence-electron chi connectivity index (χ4n) is 2.59. The van der Waals surface area contributed by atoms with Gasteiger partial charge in [-0.1, -0.05) is 5.57 Å². The third-order valence-electron chi connectivity index (χ3n) is 3.44. The first kappa shape index (κ1) is 13.9. The number of hydrogen-bond donors (Lipinski definition) is 3. The normalized spacial score (nSPS) is 18.2. The Morgan fingerprint density at radius 1 is 1.26 bits per heavy atom. The van der Waals surface area contributed by atoms with Gasteiger partial charge in [-0.3, -0.25) is 4.90 Å². The molecular weight excluding hydrogens is 240 g/mol. The lowest BCUT2D eigenvalue weighted by Gasteiger charge is -2.35. The van der Waals surface area contributed by atoms with E-state index in [1.54, 1.807) is 12.1 Å². The van der Waals surface area contributed by atoms with Crippen LogP contribution < -0.4 is 5.32 Å². The third kappa shape index (κ3) is 3.72. The molecule has 0 bridgehead atoms. The van der Waals surface area contributed by atoms with Crippen molar-refractivity contribution >= 4 is 0 Å². The van der Waals surface area contributed by atoms with Crippen LogP contribution in [0.25, 0.3) is 0 Å². The molecule has 1 aromatic rings. The van der Waals surface area contributed by atoms with Crippen LogP contribution >= 0.6 is 0 Å². The lowest BCUT2D eigenvalue weighted by atomic mass is 9.97. The zero-order valence-electron chi connectivity index (χ0n) is 11.4. The first-order valence-corrected chi connectivity index (χ1v) is 6.68. The fraction of sp³-hybridized carbons (Fsp3) is 0.467. The van der Waals surface area contributed by atoms with Gasteiger partial charge in [0.05, 0.1) is 0 Å². The number of piperazine rings is 1. The van der Waals surface area contributed by atoms with Gasteiger partial charge in [-0.25, -0.2) is 0 Å². The van der Waals surface area contributed by atoms with E-state index in [0.717, 1.165) is 43.7 Å². The van der Waals surface area contributed by atoms with Crippen molar-refractivity contribution in [2.75, 3.05) is 26.2 Å². The smallest absolute Gasteiger partial charge is 0.119 e. The summed E-state index contributed by atoms with van der Waals surface area (Å²) >= 11 is 0. The van der Waals surface area contributed by atoms with Crippen LogP contribution in [-0.2, 0) is 0 Å². The predicted molar refractivity (Wildman–Crippen MR) is 76.4 cm³/mol. The van der Waals surface area contributed by atoms with E-state index in [1.807, 2.05) is 6.92 Å². The number of rotatable bonds is 4. The Labute approximate surface area is 114 Å². The van der Waals surface area contributed by atoms with E-state index in [-0.39, 0.29) is 17.5 Å². The average Bonchev–Trinajstić information content (AvgIpc) is 2.35. The van der Waals surface area contributed by atoms with E-state index in [0.29, 0.717) is 0 Å². The largest absolute Gasteiger partial charge is 0.508 e. The van der Waals surface area contributed by atoms with Gasteiger partial charge in [-0.2, -0.15) is 0 Å². The molecule has 2 rings (SSSR count). The Morgan fingerprint density at radius 2 is 1.84 bits per heavy atom. The van der Waals surface area contributed by atoms with Crippen molar-refractivity contribution in [3.63, 3.8) is 0 Å². The quantitative estimate of drug-likeness (QED) is 0.727. The Bertz CT molecular complexity index is 433. The highest BCUT2D eigenvalue weighted by Gasteiger charge is 2.23. The first-order chi connectivity index (χ1) is 9.06. The van der Waals surface area contributed by atoms with Gasteiger partial charge < -0.3 is 15.5 Å². The summed E-state index contributed by atoms with van der Waals surface area (Å²) in [5, 5.41) is 22.7. The standard InChI is InChI=1S/C15H22N2O2/c1-11(2)7-15(17-5-3-16-4-6-17)12-8-13(18)10-14(19)9-12/h8-10,15-16,18-19H,1,3-7H2,2H3/t15-/m0/s1.